The van der Waals surface area contributed by atoms with Gasteiger partial charge in [0.2, 0.25) is 0 Å². The zero-order valence-electron chi connectivity index (χ0n) is 25.7. The number of nitrogens with zero attached hydrogens (tertiary/aromatic N) is 1. The molecule has 206 valence electrons. The normalized spacial score (nSPS) is 31.4. The molecule has 5 atom stereocenters. The molecule has 0 aromatic rings. The van der Waals surface area contributed by atoms with Gasteiger partial charge in [-0.25, -0.2) is 0 Å². The lowest BCUT2D eigenvalue weighted by molar-refractivity contribution is -0.155. The molecule has 2 aliphatic rings. The second-order valence-electron chi connectivity index (χ2n) is 15.2. The van der Waals surface area contributed by atoms with E-state index in [9.17, 15) is 14.9 Å². The molecule has 2 aliphatic carbocycles. The largest absolute Gasteiger partial charge is 0.300 e. The van der Waals surface area contributed by atoms with Crippen LogP contribution in [0.2, 0.25) is 0 Å². The molecule has 0 aromatic heterocycles. The van der Waals surface area contributed by atoms with Gasteiger partial charge in [-0.05, 0) is 85.9 Å². The maximum absolute atomic E-state index is 13.2. The third-order valence-electron chi connectivity index (χ3n) is 11.5. The fourth-order valence-electron chi connectivity index (χ4n) is 7.64. The highest BCUT2D eigenvalue weighted by Gasteiger charge is 2.63. The summed E-state index contributed by atoms with van der Waals surface area (Å²) in [6.07, 6.45) is 15.6. The number of Topliss-reactive ketones (excluding diaryl/α,β-unsaturated/α-hetero) is 2. The molecule has 0 radical (unpaired) electrons. The predicted molar refractivity (Wildman–Crippen MR) is 153 cm³/mol. The quantitative estimate of drug-likeness (QED) is 0.278. The van der Waals surface area contributed by atoms with Crippen molar-refractivity contribution in [2.45, 2.75) is 128 Å². The monoisotopic (exact) mass is 507 g/mol. The minimum Gasteiger partial charge on any atom is -0.300 e. The molecule has 0 amide bonds. The summed E-state index contributed by atoms with van der Waals surface area (Å²) >= 11 is 0. The minimum absolute atomic E-state index is 0.0399. The van der Waals surface area contributed by atoms with Gasteiger partial charge in [0.1, 0.15) is 11.9 Å². The van der Waals surface area contributed by atoms with Gasteiger partial charge in [-0.2, -0.15) is 5.26 Å². The molecule has 37 heavy (non-hydrogen) atoms. The van der Waals surface area contributed by atoms with Crippen molar-refractivity contribution in [2.75, 3.05) is 0 Å². The summed E-state index contributed by atoms with van der Waals surface area (Å²) in [5, 5.41) is 9.86. The van der Waals surface area contributed by atoms with Gasteiger partial charge in [-0.3, -0.25) is 4.79 Å². The second-order valence-corrected chi connectivity index (χ2v) is 15.2. The summed E-state index contributed by atoms with van der Waals surface area (Å²) in [7, 11) is 0. The number of nitriles is 1. The number of fused-ring (bicyclic) bond motifs is 1. The van der Waals surface area contributed by atoms with E-state index < -0.39 is 10.8 Å². The van der Waals surface area contributed by atoms with Crippen LogP contribution in [0.1, 0.15) is 128 Å². The Morgan fingerprint density at radius 1 is 1.08 bits per heavy atom. The lowest BCUT2D eigenvalue weighted by Gasteiger charge is -2.64. The minimum atomic E-state index is -0.622. The van der Waals surface area contributed by atoms with Crippen LogP contribution in [0.3, 0.4) is 0 Å². The summed E-state index contributed by atoms with van der Waals surface area (Å²) in [6, 6.07) is 2.20. The van der Waals surface area contributed by atoms with Crippen LogP contribution in [0.5, 0.6) is 0 Å². The summed E-state index contributed by atoms with van der Waals surface area (Å²) in [6.45, 7) is 24.1. The number of ketones is 2. The van der Waals surface area contributed by atoms with E-state index in [-0.39, 0.29) is 50.6 Å². The number of carbonyl (C=O) groups excluding carboxylic acids is 2. The molecule has 0 N–H and O–H groups in total. The predicted octanol–water partition coefficient (Wildman–Crippen LogP) is 8.73. The third-order valence-corrected chi connectivity index (χ3v) is 11.5. The van der Waals surface area contributed by atoms with Crippen molar-refractivity contribution in [3.8, 4) is 18.4 Å². The Morgan fingerprint density at radius 3 is 2.14 bits per heavy atom. The molecule has 1 fully saturated rings. The van der Waals surface area contributed by atoms with E-state index in [2.05, 4.69) is 67.4 Å². The van der Waals surface area contributed by atoms with Gasteiger partial charge in [0.05, 0.1) is 5.57 Å². The Bertz CT molecular complexity index is 1020. The first-order valence-electron chi connectivity index (χ1n) is 14.4. The number of allylic oxidation sites excluding steroid dienone is 2. The van der Waals surface area contributed by atoms with Crippen molar-refractivity contribution in [2.24, 2.45) is 44.3 Å². The smallest absolute Gasteiger partial charge is 0.178 e. The molecule has 0 spiro atoms. The van der Waals surface area contributed by atoms with Crippen molar-refractivity contribution in [3.63, 3.8) is 0 Å². The SMILES string of the molecule is C#C[C@@](C)(CCC(C)(C)CC)CCC(C)(C)[C@]1(C)CC[C@H]2C(C)(C)C(=O)C(C#N)=C[C@]2(C)[C@H]1CC(C)=O. The lowest BCUT2D eigenvalue weighted by Crippen LogP contribution is -2.60. The van der Waals surface area contributed by atoms with E-state index in [0.717, 1.165) is 44.9 Å². The van der Waals surface area contributed by atoms with Crippen LogP contribution in [0.15, 0.2) is 11.6 Å². The first-order valence-corrected chi connectivity index (χ1v) is 14.4. The van der Waals surface area contributed by atoms with E-state index in [1.165, 1.54) is 0 Å². The highest BCUT2D eigenvalue weighted by Crippen LogP contribution is 2.68. The van der Waals surface area contributed by atoms with Crippen LogP contribution < -0.4 is 0 Å². The van der Waals surface area contributed by atoms with Crippen LogP contribution >= 0.6 is 0 Å². The van der Waals surface area contributed by atoms with Gasteiger partial charge < -0.3 is 4.79 Å². The van der Waals surface area contributed by atoms with E-state index in [4.69, 9.17) is 6.42 Å². The molecule has 3 nitrogen and oxygen atoms in total. The molecule has 2 rings (SSSR count). The molecule has 0 aromatic carbocycles. The average molecular weight is 508 g/mol. The molecule has 0 bridgehead atoms. The van der Waals surface area contributed by atoms with E-state index in [1.54, 1.807) is 6.92 Å². The molecular weight excluding hydrogens is 454 g/mol. The van der Waals surface area contributed by atoms with Crippen LogP contribution in [-0.4, -0.2) is 11.6 Å². The van der Waals surface area contributed by atoms with Crippen LogP contribution in [0.4, 0.5) is 0 Å². The van der Waals surface area contributed by atoms with Gasteiger partial charge in [0.15, 0.2) is 5.78 Å². The standard InChI is InChI=1S/C34H53NO2/c1-13-29(4,5)17-19-32(10,14-2)20-18-30(6,7)34(12)16-15-26-31(8,9)28(37)25(23-35)22-33(26,11)27(34)21-24(3)36/h2,22,26-27H,13,15-21H2,1,3-12H3/t26-,27+,32-,33-,34+/m0/s1. The Kier molecular flexibility index (Phi) is 8.78. The van der Waals surface area contributed by atoms with Crippen molar-refractivity contribution < 1.29 is 9.59 Å². The Balaban J connectivity index is 2.48. The topological polar surface area (TPSA) is 57.9 Å². The van der Waals surface area contributed by atoms with Gasteiger partial charge in [-0.1, -0.05) is 74.8 Å². The molecular formula is C34H53NO2. The maximum Gasteiger partial charge on any atom is 0.178 e. The molecule has 0 saturated heterocycles. The summed E-state index contributed by atoms with van der Waals surface area (Å²) in [4.78, 5) is 25.9. The summed E-state index contributed by atoms with van der Waals surface area (Å²) in [5.74, 6) is 3.41. The molecule has 1 saturated carbocycles. The van der Waals surface area contributed by atoms with Crippen LogP contribution in [-0.2, 0) is 9.59 Å². The van der Waals surface area contributed by atoms with Gasteiger partial charge in [0, 0.05) is 17.3 Å². The second kappa shape index (κ2) is 10.4. The molecule has 0 unspecified atom stereocenters. The highest BCUT2D eigenvalue weighted by molar-refractivity contribution is 6.04. The van der Waals surface area contributed by atoms with Gasteiger partial charge in [-0.15, -0.1) is 12.3 Å². The fourth-order valence-corrected chi connectivity index (χ4v) is 7.64. The maximum atomic E-state index is 13.2. The van der Waals surface area contributed by atoms with Gasteiger partial charge >= 0.3 is 0 Å². The zero-order chi connectivity index (χ0) is 28.7. The zero-order valence-corrected chi connectivity index (χ0v) is 25.7. The first kappa shape index (κ1) is 31.3. The fraction of sp³-hybridized carbons (Fsp3) is 0.794. The summed E-state index contributed by atoms with van der Waals surface area (Å²) in [5.41, 5.74) is -0.860. The highest BCUT2D eigenvalue weighted by atomic mass is 16.1. The third kappa shape index (κ3) is 5.77. The number of rotatable bonds is 10. The molecule has 0 heterocycles. The Morgan fingerprint density at radius 2 is 1.65 bits per heavy atom. The van der Waals surface area contributed by atoms with E-state index in [0.29, 0.717) is 6.42 Å². The summed E-state index contributed by atoms with van der Waals surface area (Å²) < 4.78 is 0. The van der Waals surface area contributed by atoms with E-state index >= 15 is 0 Å². The number of hydrogen-bond donors (Lipinski definition) is 0. The number of hydrogen-bond acceptors (Lipinski definition) is 3. The lowest BCUT2D eigenvalue weighted by atomic mass is 9.39. The van der Waals surface area contributed by atoms with Crippen LogP contribution in [0, 0.1) is 68.0 Å². The van der Waals surface area contributed by atoms with Crippen molar-refractivity contribution in [1.29, 1.82) is 5.26 Å². The van der Waals surface area contributed by atoms with Crippen LogP contribution in [0.25, 0.3) is 0 Å². The van der Waals surface area contributed by atoms with E-state index in [1.807, 2.05) is 19.9 Å². The molecule has 3 heteroatoms. The Hall–Kier alpha value is -1.87. The Labute approximate surface area is 228 Å². The first-order chi connectivity index (χ1) is 16.7. The van der Waals surface area contributed by atoms with Crippen molar-refractivity contribution >= 4 is 11.6 Å². The number of terminal acetylenes is 1. The number of carbonyl (C=O) groups is 2. The molecule has 0 aliphatic heterocycles. The van der Waals surface area contributed by atoms with Crippen molar-refractivity contribution in [1.82, 2.24) is 0 Å². The van der Waals surface area contributed by atoms with Crippen molar-refractivity contribution in [3.05, 3.63) is 11.6 Å². The van der Waals surface area contributed by atoms with Gasteiger partial charge in [0.25, 0.3) is 0 Å². The average Bonchev–Trinajstić information content (AvgIpc) is 2.81.